The summed E-state index contributed by atoms with van der Waals surface area (Å²) in [6.07, 6.45) is 18.7. The van der Waals surface area contributed by atoms with E-state index >= 15 is 0 Å². The van der Waals surface area contributed by atoms with Crippen LogP contribution in [0.1, 0.15) is 105 Å². The molecule has 0 nitrogen and oxygen atoms in total. The van der Waals surface area contributed by atoms with Gasteiger partial charge in [0.15, 0.2) is 0 Å². The van der Waals surface area contributed by atoms with Gasteiger partial charge in [-0.15, -0.1) is 0 Å². The molecular weight excluding hydrogens is 312 g/mol. The molecule has 150 valence electrons. The molecule has 0 amide bonds. The molecule has 0 aromatic rings. The molecule has 4 rings (SSSR count). The molecule has 4 fully saturated rings. The SMILES string of the molecule is CC(C)CCCC(C)C1CCC2C1CCC1C3CCC(C)CC3CCC12. The maximum absolute atomic E-state index is 2.61. The molecule has 0 aliphatic heterocycles. The fourth-order valence-corrected chi connectivity index (χ4v) is 8.56. The number of fused-ring (bicyclic) bond motifs is 5. The summed E-state index contributed by atoms with van der Waals surface area (Å²) in [7, 11) is 0. The van der Waals surface area contributed by atoms with Crippen LogP contribution < -0.4 is 0 Å². The largest absolute Gasteiger partial charge is 0.0628 e. The van der Waals surface area contributed by atoms with Crippen LogP contribution in [-0.2, 0) is 0 Å². The molecule has 9 atom stereocenters. The quantitative estimate of drug-likeness (QED) is 0.467. The number of rotatable bonds is 5. The van der Waals surface area contributed by atoms with Gasteiger partial charge in [-0.05, 0) is 111 Å². The summed E-state index contributed by atoms with van der Waals surface area (Å²) < 4.78 is 0. The van der Waals surface area contributed by atoms with E-state index in [1.54, 1.807) is 51.4 Å². The minimum Gasteiger partial charge on any atom is -0.0628 e. The summed E-state index contributed by atoms with van der Waals surface area (Å²) in [5.41, 5.74) is 0. The smallest absolute Gasteiger partial charge is 0.0352 e. The number of hydrogen-bond acceptors (Lipinski definition) is 0. The van der Waals surface area contributed by atoms with E-state index in [1.807, 2.05) is 0 Å². The molecular formula is C26H46. The zero-order valence-corrected chi connectivity index (χ0v) is 18.3. The van der Waals surface area contributed by atoms with Crippen molar-refractivity contribution in [1.82, 2.24) is 0 Å². The second-order valence-corrected chi connectivity index (χ2v) is 11.7. The van der Waals surface area contributed by atoms with Gasteiger partial charge in [0, 0.05) is 0 Å². The Kier molecular flexibility index (Phi) is 6.07. The van der Waals surface area contributed by atoms with Crippen LogP contribution in [0.15, 0.2) is 0 Å². The van der Waals surface area contributed by atoms with Crippen LogP contribution in [0.25, 0.3) is 0 Å². The highest BCUT2D eigenvalue weighted by Crippen LogP contribution is 2.60. The second kappa shape index (κ2) is 8.16. The van der Waals surface area contributed by atoms with E-state index in [4.69, 9.17) is 0 Å². The van der Waals surface area contributed by atoms with Crippen LogP contribution in [0.3, 0.4) is 0 Å². The van der Waals surface area contributed by atoms with Crippen molar-refractivity contribution in [3.05, 3.63) is 0 Å². The lowest BCUT2D eigenvalue weighted by Gasteiger charge is -2.53. The Hall–Kier alpha value is 0. The maximum Gasteiger partial charge on any atom is -0.0352 e. The summed E-state index contributed by atoms with van der Waals surface area (Å²) in [4.78, 5) is 0. The molecule has 9 unspecified atom stereocenters. The van der Waals surface area contributed by atoms with Crippen molar-refractivity contribution in [2.45, 2.75) is 105 Å². The third kappa shape index (κ3) is 3.77. The first-order valence-electron chi connectivity index (χ1n) is 12.5. The fraction of sp³-hybridized carbons (Fsp3) is 1.00. The predicted octanol–water partition coefficient (Wildman–Crippen LogP) is 7.96. The van der Waals surface area contributed by atoms with Crippen LogP contribution in [-0.4, -0.2) is 0 Å². The lowest BCUT2D eigenvalue weighted by molar-refractivity contribution is -0.0356. The Morgan fingerprint density at radius 3 is 2.08 bits per heavy atom. The van der Waals surface area contributed by atoms with Gasteiger partial charge in [0.25, 0.3) is 0 Å². The van der Waals surface area contributed by atoms with Crippen molar-refractivity contribution in [1.29, 1.82) is 0 Å². The normalized spacial score (nSPS) is 46.5. The average Bonchev–Trinajstić information content (AvgIpc) is 3.05. The Labute approximate surface area is 164 Å². The zero-order chi connectivity index (χ0) is 18.3. The van der Waals surface area contributed by atoms with Crippen LogP contribution in [0.5, 0.6) is 0 Å². The Bertz CT molecular complexity index is 451. The molecule has 0 N–H and O–H groups in total. The predicted molar refractivity (Wildman–Crippen MR) is 113 cm³/mol. The van der Waals surface area contributed by atoms with Gasteiger partial charge in [-0.1, -0.05) is 53.4 Å². The third-order valence-electron chi connectivity index (χ3n) is 9.76. The molecule has 0 aromatic heterocycles. The molecule has 0 spiro atoms. The fourth-order valence-electron chi connectivity index (χ4n) is 8.56. The Morgan fingerprint density at radius 2 is 1.27 bits per heavy atom. The van der Waals surface area contributed by atoms with Crippen molar-refractivity contribution in [3.63, 3.8) is 0 Å². The van der Waals surface area contributed by atoms with Gasteiger partial charge in [0.1, 0.15) is 0 Å². The molecule has 0 radical (unpaired) electrons. The molecule has 0 heteroatoms. The monoisotopic (exact) mass is 358 g/mol. The second-order valence-electron chi connectivity index (χ2n) is 11.7. The summed E-state index contributed by atoms with van der Waals surface area (Å²) in [6, 6.07) is 0. The van der Waals surface area contributed by atoms with Gasteiger partial charge < -0.3 is 0 Å². The first kappa shape index (κ1) is 19.3. The maximum atomic E-state index is 2.61. The van der Waals surface area contributed by atoms with E-state index in [0.717, 1.165) is 59.2 Å². The molecule has 0 saturated heterocycles. The molecule has 0 aromatic carbocycles. The van der Waals surface area contributed by atoms with Crippen molar-refractivity contribution in [2.24, 2.45) is 59.2 Å². The van der Waals surface area contributed by atoms with Gasteiger partial charge in [0.2, 0.25) is 0 Å². The minimum absolute atomic E-state index is 0.891. The summed E-state index contributed by atoms with van der Waals surface area (Å²) in [6.45, 7) is 9.90. The average molecular weight is 359 g/mol. The van der Waals surface area contributed by atoms with E-state index in [9.17, 15) is 0 Å². The van der Waals surface area contributed by atoms with Crippen molar-refractivity contribution < 1.29 is 0 Å². The molecule has 0 heterocycles. The molecule has 4 saturated carbocycles. The van der Waals surface area contributed by atoms with Gasteiger partial charge in [0.05, 0.1) is 0 Å². The van der Waals surface area contributed by atoms with Crippen molar-refractivity contribution in [3.8, 4) is 0 Å². The van der Waals surface area contributed by atoms with E-state index in [1.165, 1.54) is 25.7 Å². The minimum atomic E-state index is 0.891. The Balaban J connectivity index is 1.36. The first-order valence-corrected chi connectivity index (χ1v) is 12.5. The Morgan fingerprint density at radius 1 is 0.654 bits per heavy atom. The first-order chi connectivity index (χ1) is 12.5. The van der Waals surface area contributed by atoms with Crippen LogP contribution in [0, 0.1) is 59.2 Å². The highest BCUT2D eigenvalue weighted by molar-refractivity contribution is 5.01. The standard InChI is InChI=1S/C26H46/c1-17(2)6-5-7-19(4)21-12-13-26-23(21)14-15-24-22-10-8-18(3)16-20(22)9-11-25(24)26/h17-26H,5-16H2,1-4H3. The van der Waals surface area contributed by atoms with Gasteiger partial charge >= 0.3 is 0 Å². The van der Waals surface area contributed by atoms with E-state index in [-0.39, 0.29) is 0 Å². The summed E-state index contributed by atoms with van der Waals surface area (Å²) >= 11 is 0. The van der Waals surface area contributed by atoms with Crippen LogP contribution in [0.4, 0.5) is 0 Å². The zero-order valence-electron chi connectivity index (χ0n) is 18.3. The van der Waals surface area contributed by atoms with Gasteiger partial charge in [-0.25, -0.2) is 0 Å². The number of hydrogen-bond donors (Lipinski definition) is 0. The van der Waals surface area contributed by atoms with Gasteiger partial charge in [-0.3, -0.25) is 0 Å². The highest BCUT2D eigenvalue weighted by atomic mass is 14.6. The molecule has 4 aliphatic carbocycles. The molecule has 4 aliphatic rings. The lowest BCUT2D eigenvalue weighted by Crippen LogP contribution is -2.45. The van der Waals surface area contributed by atoms with E-state index < -0.39 is 0 Å². The van der Waals surface area contributed by atoms with E-state index in [0.29, 0.717) is 0 Å². The molecule has 26 heavy (non-hydrogen) atoms. The van der Waals surface area contributed by atoms with E-state index in [2.05, 4.69) is 27.7 Å². The summed E-state index contributed by atoms with van der Waals surface area (Å²) in [5, 5.41) is 0. The van der Waals surface area contributed by atoms with Crippen molar-refractivity contribution in [2.75, 3.05) is 0 Å². The molecule has 0 bridgehead atoms. The van der Waals surface area contributed by atoms with Crippen molar-refractivity contribution >= 4 is 0 Å². The lowest BCUT2D eigenvalue weighted by atomic mass is 9.52. The third-order valence-corrected chi connectivity index (χ3v) is 9.76. The topological polar surface area (TPSA) is 0 Å². The van der Waals surface area contributed by atoms with Crippen LogP contribution in [0.2, 0.25) is 0 Å². The summed E-state index contributed by atoms with van der Waals surface area (Å²) in [5.74, 6) is 10.8. The van der Waals surface area contributed by atoms with Gasteiger partial charge in [-0.2, -0.15) is 0 Å². The highest BCUT2D eigenvalue weighted by Gasteiger charge is 2.51. The van der Waals surface area contributed by atoms with Crippen LogP contribution >= 0.6 is 0 Å².